The quantitative estimate of drug-likeness (QED) is 0.868. The van der Waals surface area contributed by atoms with E-state index in [9.17, 15) is 0 Å². The van der Waals surface area contributed by atoms with Gasteiger partial charge in [0.15, 0.2) is 0 Å². The fraction of sp³-hybridized carbons (Fsp3) is 0.368. The van der Waals surface area contributed by atoms with Crippen molar-refractivity contribution in [2.24, 2.45) is 5.73 Å². The summed E-state index contributed by atoms with van der Waals surface area (Å²) in [5.74, 6) is 0. The molecule has 0 saturated carbocycles. The van der Waals surface area contributed by atoms with E-state index < -0.39 is 0 Å². The standard InChI is InChI=1S/C19H25N/c1-6-16-9-7-8-10-17(16)19(20)18-14(4)12(2)11-13(3)15(18)5/h7-11,19H,6,20H2,1-5H3. The molecule has 0 fully saturated rings. The van der Waals surface area contributed by atoms with Gasteiger partial charge in [0.05, 0.1) is 6.04 Å². The van der Waals surface area contributed by atoms with Gasteiger partial charge in [-0.2, -0.15) is 0 Å². The maximum absolute atomic E-state index is 6.63. The van der Waals surface area contributed by atoms with E-state index in [0.29, 0.717) is 0 Å². The SMILES string of the molecule is CCc1ccccc1C(N)c1c(C)c(C)cc(C)c1C. The zero-order valence-electron chi connectivity index (χ0n) is 13.2. The van der Waals surface area contributed by atoms with Crippen molar-refractivity contribution in [2.45, 2.75) is 47.1 Å². The van der Waals surface area contributed by atoms with Gasteiger partial charge in [-0.3, -0.25) is 0 Å². The summed E-state index contributed by atoms with van der Waals surface area (Å²) in [6, 6.07) is 10.7. The number of aryl methyl sites for hydroxylation is 3. The van der Waals surface area contributed by atoms with Crippen LogP contribution in [-0.4, -0.2) is 0 Å². The van der Waals surface area contributed by atoms with E-state index in [-0.39, 0.29) is 6.04 Å². The Morgan fingerprint density at radius 2 is 1.50 bits per heavy atom. The molecule has 2 rings (SSSR count). The molecule has 1 nitrogen and oxygen atoms in total. The largest absolute Gasteiger partial charge is 0.320 e. The molecule has 0 heterocycles. The lowest BCUT2D eigenvalue weighted by molar-refractivity contribution is 0.827. The van der Waals surface area contributed by atoms with Crippen LogP contribution in [0.15, 0.2) is 30.3 Å². The van der Waals surface area contributed by atoms with Crippen LogP contribution in [0.4, 0.5) is 0 Å². The summed E-state index contributed by atoms with van der Waals surface area (Å²) in [4.78, 5) is 0. The van der Waals surface area contributed by atoms with Crippen LogP contribution in [0.5, 0.6) is 0 Å². The van der Waals surface area contributed by atoms with Crippen LogP contribution in [0.1, 0.15) is 51.9 Å². The normalized spacial score (nSPS) is 12.5. The second-order valence-corrected chi connectivity index (χ2v) is 5.70. The van der Waals surface area contributed by atoms with E-state index in [1.807, 2.05) is 0 Å². The first kappa shape index (κ1) is 14.8. The van der Waals surface area contributed by atoms with Gasteiger partial charge in [-0.15, -0.1) is 0 Å². The topological polar surface area (TPSA) is 26.0 Å². The summed E-state index contributed by atoms with van der Waals surface area (Å²) < 4.78 is 0. The van der Waals surface area contributed by atoms with Crippen LogP contribution < -0.4 is 5.73 Å². The Labute approximate surface area is 122 Å². The highest BCUT2D eigenvalue weighted by atomic mass is 14.6. The third kappa shape index (κ3) is 2.51. The molecule has 2 aromatic carbocycles. The predicted octanol–water partition coefficient (Wildman–Crippen LogP) is 4.53. The van der Waals surface area contributed by atoms with Gasteiger partial charge >= 0.3 is 0 Å². The van der Waals surface area contributed by atoms with Crippen LogP contribution in [0.2, 0.25) is 0 Å². The van der Waals surface area contributed by atoms with Crippen molar-refractivity contribution in [3.8, 4) is 0 Å². The third-order valence-electron chi connectivity index (χ3n) is 4.51. The summed E-state index contributed by atoms with van der Waals surface area (Å²) in [5, 5.41) is 0. The average molecular weight is 267 g/mol. The van der Waals surface area contributed by atoms with E-state index in [1.54, 1.807) is 0 Å². The Balaban J connectivity index is 2.62. The minimum atomic E-state index is -0.0373. The van der Waals surface area contributed by atoms with Gasteiger partial charge in [-0.1, -0.05) is 37.3 Å². The average Bonchev–Trinajstić information content (AvgIpc) is 2.45. The van der Waals surface area contributed by atoms with Crippen LogP contribution in [0, 0.1) is 27.7 Å². The van der Waals surface area contributed by atoms with Gasteiger partial charge in [-0.05, 0) is 73.1 Å². The van der Waals surface area contributed by atoms with E-state index in [4.69, 9.17) is 5.73 Å². The number of nitrogens with two attached hydrogens (primary N) is 1. The van der Waals surface area contributed by atoms with Gasteiger partial charge in [0, 0.05) is 0 Å². The number of hydrogen-bond donors (Lipinski definition) is 1. The molecule has 0 aliphatic rings. The van der Waals surface area contributed by atoms with Crippen molar-refractivity contribution in [1.29, 1.82) is 0 Å². The molecule has 2 aromatic rings. The van der Waals surface area contributed by atoms with Crippen molar-refractivity contribution >= 4 is 0 Å². The molecule has 0 saturated heterocycles. The summed E-state index contributed by atoms with van der Waals surface area (Å²) in [5.41, 5.74) is 15.8. The molecule has 1 unspecified atom stereocenters. The molecule has 106 valence electrons. The first-order chi connectivity index (χ1) is 9.47. The highest BCUT2D eigenvalue weighted by molar-refractivity contribution is 5.49. The van der Waals surface area contributed by atoms with Crippen LogP contribution in [0.25, 0.3) is 0 Å². The Kier molecular flexibility index (Phi) is 4.29. The van der Waals surface area contributed by atoms with E-state index in [0.717, 1.165) is 6.42 Å². The molecule has 1 atom stereocenters. The van der Waals surface area contributed by atoms with Gasteiger partial charge in [0.25, 0.3) is 0 Å². The summed E-state index contributed by atoms with van der Waals surface area (Å²) in [7, 11) is 0. The van der Waals surface area contributed by atoms with Crippen LogP contribution in [0.3, 0.4) is 0 Å². The molecule has 0 bridgehead atoms. The highest BCUT2D eigenvalue weighted by Gasteiger charge is 2.18. The lowest BCUT2D eigenvalue weighted by Gasteiger charge is -2.23. The minimum Gasteiger partial charge on any atom is -0.320 e. The summed E-state index contributed by atoms with van der Waals surface area (Å²) >= 11 is 0. The van der Waals surface area contributed by atoms with Crippen LogP contribution in [-0.2, 0) is 6.42 Å². The van der Waals surface area contributed by atoms with Gasteiger partial charge in [0.1, 0.15) is 0 Å². The molecule has 1 heteroatoms. The van der Waals surface area contributed by atoms with E-state index >= 15 is 0 Å². The Morgan fingerprint density at radius 1 is 0.950 bits per heavy atom. The van der Waals surface area contributed by atoms with E-state index in [1.165, 1.54) is 38.9 Å². The molecule has 0 amide bonds. The summed E-state index contributed by atoms with van der Waals surface area (Å²) in [6.07, 6.45) is 1.02. The lowest BCUT2D eigenvalue weighted by atomic mass is 9.85. The lowest BCUT2D eigenvalue weighted by Crippen LogP contribution is -2.17. The number of rotatable bonds is 3. The number of benzene rings is 2. The first-order valence-electron chi connectivity index (χ1n) is 7.38. The molecule has 2 N–H and O–H groups in total. The van der Waals surface area contributed by atoms with Gasteiger partial charge in [-0.25, -0.2) is 0 Å². The molecule has 0 aliphatic heterocycles. The molecule has 20 heavy (non-hydrogen) atoms. The second-order valence-electron chi connectivity index (χ2n) is 5.70. The molecule has 0 aliphatic carbocycles. The fourth-order valence-corrected chi connectivity index (χ4v) is 3.03. The van der Waals surface area contributed by atoms with E-state index in [2.05, 4.69) is 65.0 Å². The Bertz CT molecular complexity index is 600. The Morgan fingerprint density at radius 3 is 2.05 bits per heavy atom. The van der Waals surface area contributed by atoms with Crippen molar-refractivity contribution in [3.05, 3.63) is 69.3 Å². The molecule has 0 radical (unpaired) electrons. The molecular weight excluding hydrogens is 242 g/mol. The Hall–Kier alpha value is -1.60. The molecule has 0 aromatic heterocycles. The summed E-state index contributed by atoms with van der Waals surface area (Å²) in [6.45, 7) is 10.9. The molecule has 0 spiro atoms. The monoisotopic (exact) mass is 267 g/mol. The first-order valence-corrected chi connectivity index (χ1v) is 7.38. The van der Waals surface area contributed by atoms with Crippen molar-refractivity contribution in [3.63, 3.8) is 0 Å². The zero-order chi connectivity index (χ0) is 14.9. The van der Waals surface area contributed by atoms with Gasteiger partial charge in [0.2, 0.25) is 0 Å². The van der Waals surface area contributed by atoms with Crippen molar-refractivity contribution in [1.82, 2.24) is 0 Å². The zero-order valence-corrected chi connectivity index (χ0v) is 13.2. The van der Waals surface area contributed by atoms with Crippen molar-refractivity contribution in [2.75, 3.05) is 0 Å². The predicted molar refractivity (Wildman–Crippen MR) is 87.2 cm³/mol. The number of hydrogen-bond acceptors (Lipinski definition) is 1. The highest BCUT2D eigenvalue weighted by Crippen LogP contribution is 2.31. The fourth-order valence-electron chi connectivity index (χ4n) is 3.03. The minimum absolute atomic E-state index is 0.0373. The van der Waals surface area contributed by atoms with Crippen molar-refractivity contribution < 1.29 is 0 Å². The second kappa shape index (κ2) is 5.80. The maximum Gasteiger partial charge on any atom is 0.0559 e. The van der Waals surface area contributed by atoms with Gasteiger partial charge < -0.3 is 5.73 Å². The maximum atomic E-state index is 6.63. The smallest absolute Gasteiger partial charge is 0.0559 e. The van der Waals surface area contributed by atoms with Crippen LogP contribution >= 0.6 is 0 Å². The third-order valence-corrected chi connectivity index (χ3v) is 4.51. The molecular formula is C19H25N.